The summed E-state index contributed by atoms with van der Waals surface area (Å²) in [6.45, 7) is 0.873. The molecule has 0 radical (unpaired) electrons. The molecule has 0 saturated carbocycles. The first-order valence-electron chi connectivity index (χ1n) is 5.20. The van der Waals surface area contributed by atoms with Crippen LogP contribution in [0.4, 0.5) is 4.79 Å². The average Bonchev–Trinajstić information content (AvgIpc) is 2.26. The maximum absolute atomic E-state index is 11.5. The second kappa shape index (κ2) is 5.66. The number of carbonyl (C=O) groups excluding carboxylic acids is 1. The summed E-state index contributed by atoms with van der Waals surface area (Å²) in [5, 5.41) is 20.2. The van der Waals surface area contributed by atoms with Gasteiger partial charge in [-0.25, -0.2) is 4.79 Å². The average molecular weight is 231 g/mol. The molecule has 1 saturated heterocycles. The molecular formula is C9H17N3O4. The Morgan fingerprint density at radius 3 is 2.50 bits per heavy atom. The van der Waals surface area contributed by atoms with Crippen LogP contribution in [0.2, 0.25) is 0 Å². The van der Waals surface area contributed by atoms with Gasteiger partial charge in [-0.1, -0.05) is 0 Å². The van der Waals surface area contributed by atoms with E-state index < -0.39 is 12.0 Å². The van der Waals surface area contributed by atoms with E-state index in [2.05, 4.69) is 5.32 Å². The van der Waals surface area contributed by atoms with Crippen molar-refractivity contribution < 1.29 is 19.8 Å². The van der Waals surface area contributed by atoms with Gasteiger partial charge < -0.3 is 26.2 Å². The van der Waals surface area contributed by atoms with Gasteiger partial charge in [0.25, 0.3) is 0 Å². The largest absolute Gasteiger partial charge is 0.480 e. The Morgan fingerprint density at radius 2 is 2.00 bits per heavy atom. The van der Waals surface area contributed by atoms with Crippen LogP contribution in [-0.4, -0.2) is 58.9 Å². The highest BCUT2D eigenvalue weighted by molar-refractivity contribution is 5.77. The smallest absolute Gasteiger partial charge is 0.322 e. The minimum Gasteiger partial charge on any atom is -0.480 e. The number of hydrogen-bond donors (Lipinski definition) is 4. The third kappa shape index (κ3) is 3.67. The number of nitrogens with one attached hydrogen (secondary N) is 1. The molecule has 92 valence electrons. The molecule has 1 heterocycles. The van der Waals surface area contributed by atoms with Crippen molar-refractivity contribution in [2.24, 2.45) is 5.73 Å². The molecule has 0 aromatic carbocycles. The van der Waals surface area contributed by atoms with E-state index in [-0.39, 0.29) is 18.7 Å². The van der Waals surface area contributed by atoms with Crippen LogP contribution in [0.25, 0.3) is 0 Å². The molecule has 1 rings (SSSR count). The number of hydrogen-bond acceptors (Lipinski definition) is 4. The number of nitrogens with two attached hydrogens (primary N) is 1. The van der Waals surface area contributed by atoms with Gasteiger partial charge >= 0.3 is 12.0 Å². The molecule has 5 N–H and O–H groups in total. The van der Waals surface area contributed by atoms with Crippen LogP contribution in [0.3, 0.4) is 0 Å². The predicted molar refractivity (Wildman–Crippen MR) is 55.8 cm³/mol. The van der Waals surface area contributed by atoms with E-state index in [1.54, 1.807) is 4.90 Å². The first kappa shape index (κ1) is 12.7. The zero-order valence-corrected chi connectivity index (χ0v) is 8.93. The topological polar surface area (TPSA) is 116 Å². The molecular weight excluding hydrogens is 214 g/mol. The molecule has 1 fully saturated rings. The van der Waals surface area contributed by atoms with Crippen LogP contribution in [0, 0.1) is 0 Å². The van der Waals surface area contributed by atoms with E-state index in [0.29, 0.717) is 25.9 Å². The molecule has 0 aromatic rings. The summed E-state index contributed by atoms with van der Waals surface area (Å²) in [5.41, 5.74) is 5.24. The number of carboxylic acids is 1. The zero-order chi connectivity index (χ0) is 12.1. The van der Waals surface area contributed by atoms with Crippen LogP contribution in [0.15, 0.2) is 0 Å². The van der Waals surface area contributed by atoms with Crippen LogP contribution >= 0.6 is 0 Å². The monoisotopic (exact) mass is 231 g/mol. The van der Waals surface area contributed by atoms with Crippen molar-refractivity contribution in [1.82, 2.24) is 10.2 Å². The summed E-state index contributed by atoms with van der Waals surface area (Å²) >= 11 is 0. The fourth-order valence-corrected chi connectivity index (χ4v) is 1.47. The molecule has 7 heteroatoms. The van der Waals surface area contributed by atoms with Crippen LogP contribution in [-0.2, 0) is 4.79 Å². The molecule has 0 bridgehead atoms. The highest BCUT2D eigenvalue weighted by Gasteiger charge is 2.22. The van der Waals surface area contributed by atoms with Gasteiger partial charge in [-0.15, -0.1) is 0 Å². The van der Waals surface area contributed by atoms with E-state index in [1.807, 2.05) is 0 Å². The second-order valence-corrected chi connectivity index (χ2v) is 3.85. The second-order valence-electron chi connectivity index (χ2n) is 3.85. The van der Waals surface area contributed by atoms with Crippen LogP contribution < -0.4 is 11.1 Å². The van der Waals surface area contributed by atoms with E-state index in [1.165, 1.54) is 0 Å². The Morgan fingerprint density at radius 1 is 1.44 bits per heavy atom. The molecule has 0 aromatic heterocycles. The molecule has 1 aliphatic rings. The molecule has 16 heavy (non-hydrogen) atoms. The molecule has 0 aliphatic carbocycles. The molecule has 1 unspecified atom stereocenters. The molecule has 1 atom stereocenters. The number of aliphatic hydroxyl groups is 1. The van der Waals surface area contributed by atoms with Crippen LogP contribution in [0.5, 0.6) is 0 Å². The van der Waals surface area contributed by atoms with E-state index in [0.717, 1.165) is 0 Å². The van der Waals surface area contributed by atoms with Crippen LogP contribution in [0.1, 0.15) is 12.8 Å². The molecule has 2 amide bonds. The SMILES string of the molecule is NC(CNC(=O)N1CCC(O)CC1)C(=O)O. The third-order valence-electron chi connectivity index (χ3n) is 2.54. The lowest BCUT2D eigenvalue weighted by atomic mass is 10.1. The Bertz CT molecular complexity index is 263. The third-order valence-corrected chi connectivity index (χ3v) is 2.54. The van der Waals surface area contributed by atoms with Crippen molar-refractivity contribution in [2.75, 3.05) is 19.6 Å². The Labute approximate surface area is 93.2 Å². The van der Waals surface area contributed by atoms with Crippen molar-refractivity contribution in [3.05, 3.63) is 0 Å². The number of urea groups is 1. The van der Waals surface area contributed by atoms with Crippen molar-refractivity contribution >= 4 is 12.0 Å². The normalized spacial score (nSPS) is 19.2. The Balaban J connectivity index is 2.27. The maximum Gasteiger partial charge on any atom is 0.322 e. The summed E-state index contributed by atoms with van der Waals surface area (Å²) in [6, 6.07) is -1.41. The summed E-state index contributed by atoms with van der Waals surface area (Å²) in [5.74, 6) is -1.14. The van der Waals surface area contributed by atoms with Gasteiger partial charge in [0.15, 0.2) is 0 Å². The first-order valence-corrected chi connectivity index (χ1v) is 5.20. The quantitative estimate of drug-likeness (QED) is 0.475. The first-order chi connectivity index (χ1) is 7.50. The fourth-order valence-electron chi connectivity index (χ4n) is 1.47. The van der Waals surface area contributed by atoms with Gasteiger partial charge in [0.2, 0.25) is 0 Å². The summed E-state index contributed by atoms with van der Waals surface area (Å²) < 4.78 is 0. The Kier molecular flexibility index (Phi) is 4.51. The van der Waals surface area contributed by atoms with E-state index in [9.17, 15) is 14.7 Å². The molecule has 7 nitrogen and oxygen atoms in total. The number of aliphatic hydroxyl groups excluding tert-OH is 1. The number of piperidine rings is 1. The summed E-state index contributed by atoms with van der Waals surface area (Å²) in [4.78, 5) is 23.5. The number of likely N-dealkylation sites (tertiary alicyclic amines) is 1. The van der Waals surface area contributed by atoms with E-state index >= 15 is 0 Å². The number of carbonyl (C=O) groups is 2. The fraction of sp³-hybridized carbons (Fsp3) is 0.778. The number of carboxylic acid groups (broad SMARTS) is 1. The van der Waals surface area contributed by atoms with Crippen molar-refractivity contribution in [1.29, 1.82) is 0 Å². The van der Waals surface area contributed by atoms with Gasteiger partial charge in [-0.05, 0) is 12.8 Å². The lowest BCUT2D eigenvalue weighted by Gasteiger charge is -2.29. The maximum atomic E-state index is 11.5. The van der Waals surface area contributed by atoms with Gasteiger partial charge in [-0.2, -0.15) is 0 Å². The lowest BCUT2D eigenvalue weighted by molar-refractivity contribution is -0.138. The van der Waals surface area contributed by atoms with E-state index in [4.69, 9.17) is 10.8 Å². The zero-order valence-electron chi connectivity index (χ0n) is 8.93. The summed E-state index contributed by atoms with van der Waals surface area (Å²) in [6.07, 6.45) is 0.766. The minimum absolute atomic E-state index is 0.0901. The molecule has 0 spiro atoms. The van der Waals surface area contributed by atoms with Gasteiger partial charge in [-0.3, -0.25) is 4.79 Å². The number of aliphatic carboxylic acids is 1. The van der Waals surface area contributed by atoms with Gasteiger partial charge in [0.05, 0.1) is 6.10 Å². The standard InChI is InChI=1S/C9H17N3O4/c10-7(8(14)15)5-11-9(16)12-3-1-6(13)2-4-12/h6-7,13H,1-5,10H2,(H,11,16)(H,14,15). The van der Waals surface area contributed by atoms with Crippen molar-refractivity contribution in [3.63, 3.8) is 0 Å². The summed E-state index contributed by atoms with van der Waals surface area (Å²) in [7, 11) is 0. The van der Waals surface area contributed by atoms with Gasteiger partial charge in [0, 0.05) is 19.6 Å². The van der Waals surface area contributed by atoms with Gasteiger partial charge in [0.1, 0.15) is 6.04 Å². The number of rotatable bonds is 3. The van der Waals surface area contributed by atoms with Crippen molar-refractivity contribution in [2.45, 2.75) is 25.0 Å². The number of amides is 2. The highest BCUT2D eigenvalue weighted by Crippen LogP contribution is 2.09. The highest BCUT2D eigenvalue weighted by atomic mass is 16.4. The van der Waals surface area contributed by atoms with Crippen molar-refractivity contribution in [3.8, 4) is 0 Å². The lowest BCUT2D eigenvalue weighted by Crippen LogP contribution is -2.49. The predicted octanol–water partition coefficient (Wildman–Crippen LogP) is -1.44. The minimum atomic E-state index is -1.14. The number of nitrogens with zero attached hydrogens (tertiary/aromatic N) is 1. The Hall–Kier alpha value is -1.34. The molecule has 1 aliphatic heterocycles.